The molecule has 0 unspecified atom stereocenters. The van der Waals surface area contributed by atoms with Crippen molar-refractivity contribution >= 4 is 17.3 Å². The third-order valence-electron chi connectivity index (χ3n) is 1.45. The summed E-state index contributed by atoms with van der Waals surface area (Å²) in [5.41, 5.74) is -1.13. The molecule has 0 aromatic carbocycles. The van der Waals surface area contributed by atoms with Crippen LogP contribution in [0.1, 0.15) is 0 Å². The zero-order valence-electron chi connectivity index (χ0n) is 6.59. The number of hydrogen-bond donors (Lipinski definition) is 0. The number of hydrogen-bond acceptors (Lipinski definition) is 3. The summed E-state index contributed by atoms with van der Waals surface area (Å²) in [7, 11) is 0. The summed E-state index contributed by atoms with van der Waals surface area (Å²) < 4.78 is 35.6. The van der Waals surface area contributed by atoms with Crippen molar-refractivity contribution in [3.8, 4) is 0 Å². The number of alkyl halides is 3. The largest absolute Gasteiger partial charge is 0.455 e. The van der Waals surface area contributed by atoms with Gasteiger partial charge in [-0.2, -0.15) is 13.2 Å². The molecular formula is C8H3F3O3. The lowest BCUT2D eigenvalue weighted by Crippen LogP contribution is -2.29. The Kier molecular flexibility index (Phi) is 2.37. The van der Waals surface area contributed by atoms with Gasteiger partial charge in [0.15, 0.2) is 11.6 Å². The first-order chi connectivity index (χ1) is 6.32. The van der Waals surface area contributed by atoms with E-state index in [1.807, 2.05) is 0 Å². The van der Waals surface area contributed by atoms with Crippen molar-refractivity contribution in [3.05, 3.63) is 23.8 Å². The van der Waals surface area contributed by atoms with E-state index in [9.17, 15) is 27.6 Å². The Morgan fingerprint density at radius 2 is 1.71 bits per heavy atom. The van der Waals surface area contributed by atoms with Gasteiger partial charge in [0.25, 0.3) is 5.78 Å². The van der Waals surface area contributed by atoms with Crippen LogP contribution in [-0.2, 0) is 14.4 Å². The number of carbonyl (C=O) groups is 3. The van der Waals surface area contributed by atoms with E-state index in [-0.39, 0.29) is 0 Å². The van der Waals surface area contributed by atoms with Crippen LogP contribution in [0, 0.1) is 0 Å². The van der Waals surface area contributed by atoms with Crippen LogP contribution in [0.5, 0.6) is 0 Å². The molecule has 14 heavy (non-hydrogen) atoms. The first-order valence-corrected chi connectivity index (χ1v) is 3.42. The summed E-state index contributed by atoms with van der Waals surface area (Å²) >= 11 is 0. The minimum Gasteiger partial charge on any atom is -0.290 e. The molecule has 0 heterocycles. The van der Waals surface area contributed by atoms with Gasteiger partial charge in [-0.1, -0.05) is 0 Å². The zero-order chi connectivity index (χ0) is 10.9. The number of carbonyl (C=O) groups excluding carboxylic acids is 3. The van der Waals surface area contributed by atoms with Crippen molar-refractivity contribution < 1.29 is 27.6 Å². The molecule has 0 atom stereocenters. The highest BCUT2D eigenvalue weighted by Crippen LogP contribution is 2.22. The maximum Gasteiger partial charge on any atom is 0.455 e. The summed E-state index contributed by atoms with van der Waals surface area (Å²) in [4.78, 5) is 32.0. The Balaban J connectivity index is 3.05. The third-order valence-corrected chi connectivity index (χ3v) is 1.45. The second-order valence-electron chi connectivity index (χ2n) is 2.48. The number of Topliss-reactive ketones (excluding diaryl/α,β-unsaturated/α-hetero) is 1. The van der Waals surface area contributed by atoms with Gasteiger partial charge < -0.3 is 0 Å². The van der Waals surface area contributed by atoms with E-state index >= 15 is 0 Å². The minimum absolute atomic E-state index is 0.387. The molecule has 3 nitrogen and oxygen atoms in total. The Bertz CT molecular complexity index is 374. The van der Waals surface area contributed by atoms with E-state index in [1.54, 1.807) is 0 Å². The second-order valence-corrected chi connectivity index (χ2v) is 2.48. The number of allylic oxidation sites excluding steroid dienone is 4. The predicted octanol–water partition coefficient (Wildman–Crippen LogP) is 0.752. The van der Waals surface area contributed by atoms with Crippen LogP contribution < -0.4 is 0 Å². The summed E-state index contributed by atoms with van der Waals surface area (Å²) in [6.45, 7) is 0. The first kappa shape index (κ1) is 10.4. The summed E-state index contributed by atoms with van der Waals surface area (Å²) in [5, 5.41) is 0. The fourth-order valence-electron chi connectivity index (χ4n) is 0.839. The maximum absolute atomic E-state index is 11.9. The van der Waals surface area contributed by atoms with Crippen LogP contribution >= 0.6 is 0 Å². The number of rotatable bonds is 1. The van der Waals surface area contributed by atoms with Crippen LogP contribution in [0.3, 0.4) is 0 Å². The molecule has 0 N–H and O–H groups in total. The van der Waals surface area contributed by atoms with Crippen molar-refractivity contribution in [1.82, 2.24) is 0 Å². The minimum atomic E-state index is -5.13. The second kappa shape index (κ2) is 3.21. The van der Waals surface area contributed by atoms with Crippen LogP contribution in [0.2, 0.25) is 0 Å². The lowest BCUT2D eigenvalue weighted by atomic mass is 10.00. The fourth-order valence-corrected chi connectivity index (χ4v) is 0.839. The lowest BCUT2D eigenvalue weighted by molar-refractivity contribution is -0.167. The molecule has 0 aliphatic heterocycles. The Morgan fingerprint density at radius 1 is 1.14 bits per heavy atom. The van der Waals surface area contributed by atoms with E-state index in [1.165, 1.54) is 0 Å². The molecule has 0 amide bonds. The maximum atomic E-state index is 11.9. The molecule has 0 saturated heterocycles. The normalized spacial score (nSPS) is 16.9. The molecule has 0 fully saturated rings. The van der Waals surface area contributed by atoms with Crippen molar-refractivity contribution in [2.75, 3.05) is 0 Å². The molecular weight excluding hydrogens is 201 g/mol. The quantitative estimate of drug-likeness (QED) is 0.467. The van der Waals surface area contributed by atoms with E-state index in [2.05, 4.69) is 0 Å². The smallest absolute Gasteiger partial charge is 0.290 e. The van der Waals surface area contributed by atoms with E-state index < -0.39 is 29.1 Å². The Labute approximate surface area is 75.9 Å². The lowest BCUT2D eigenvalue weighted by Gasteiger charge is -2.07. The van der Waals surface area contributed by atoms with Gasteiger partial charge in [-0.25, -0.2) is 0 Å². The van der Waals surface area contributed by atoms with Crippen LogP contribution in [0.15, 0.2) is 23.8 Å². The highest BCUT2D eigenvalue weighted by atomic mass is 19.4. The molecule has 6 heteroatoms. The molecule has 0 bridgehead atoms. The molecule has 74 valence electrons. The Hall–Kier alpha value is -1.72. The van der Waals surface area contributed by atoms with Gasteiger partial charge in [-0.05, 0) is 12.2 Å². The van der Waals surface area contributed by atoms with Crippen molar-refractivity contribution in [1.29, 1.82) is 0 Å². The highest BCUT2D eigenvalue weighted by molar-refractivity contribution is 6.31. The van der Waals surface area contributed by atoms with Crippen LogP contribution in [0.4, 0.5) is 13.2 Å². The van der Waals surface area contributed by atoms with Gasteiger partial charge in [-0.3, -0.25) is 14.4 Å². The van der Waals surface area contributed by atoms with E-state index in [4.69, 9.17) is 0 Å². The molecule has 0 saturated carbocycles. The van der Waals surface area contributed by atoms with Crippen LogP contribution in [0.25, 0.3) is 0 Å². The number of ketones is 3. The summed E-state index contributed by atoms with van der Waals surface area (Å²) in [5.74, 6) is -4.20. The first-order valence-electron chi connectivity index (χ1n) is 3.42. The van der Waals surface area contributed by atoms with Gasteiger partial charge in [0.1, 0.15) is 0 Å². The summed E-state index contributed by atoms with van der Waals surface area (Å²) in [6, 6.07) is 0. The van der Waals surface area contributed by atoms with Crippen LogP contribution in [-0.4, -0.2) is 23.5 Å². The average Bonchev–Trinajstić information content (AvgIpc) is 2.06. The van der Waals surface area contributed by atoms with Gasteiger partial charge >= 0.3 is 6.18 Å². The predicted molar refractivity (Wildman–Crippen MR) is 38.3 cm³/mol. The van der Waals surface area contributed by atoms with E-state index in [0.717, 1.165) is 6.08 Å². The van der Waals surface area contributed by atoms with Gasteiger partial charge in [0, 0.05) is 6.08 Å². The molecule has 0 radical (unpaired) electrons. The number of halogens is 3. The van der Waals surface area contributed by atoms with Gasteiger partial charge in [-0.15, -0.1) is 0 Å². The SMILES string of the molecule is O=C1C=CC(=O)C(C(=O)C(F)(F)F)=C1. The average molecular weight is 204 g/mol. The molecule has 0 spiro atoms. The molecule has 0 aromatic rings. The Morgan fingerprint density at radius 3 is 2.21 bits per heavy atom. The van der Waals surface area contributed by atoms with Gasteiger partial charge in [0.05, 0.1) is 5.57 Å². The molecule has 0 aromatic heterocycles. The molecule has 1 rings (SSSR count). The zero-order valence-corrected chi connectivity index (χ0v) is 6.59. The molecule has 1 aliphatic carbocycles. The van der Waals surface area contributed by atoms with Gasteiger partial charge in [0.2, 0.25) is 0 Å². The highest BCUT2D eigenvalue weighted by Gasteiger charge is 2.43. The topological polar surface area (TPSA) is 51.2 Å². The van der Waals surface area contributed by atoms with E-state index in [0.29, 0.717) is 12.2 Å². The fraction of sp³-hybridized carbons (Fsp3) is 0.125. The third kappa shape index (κ3) is 1.95. The molecule has 1 aliphatic rings. The van der Waals surface area contributed by atoms with Crippen molar-refractivity contribution in [3.63, 3.8) is 0 Å². The summed E-state index contributed by atoms with van der Waals surface area (Å²) in [6.07, 6.45) is -3.30. The van der Waals surface area contributed by atoms with Crippen molar-refractivity contribution in [2.45, 2.75) is 6.18 Å². The standard InChI is InChI=1S/C8H3F3O3/c9-8(10,11)7(14)5-3-4(12)1-2-6(5)13/h1-3H. The monoisotopic (exact) mass is 204 g/mol. The van der Waals surface area contributed by atoms with Crippen molar-refractivity contribution in [2.24, 2.45) is 0 Å².